The van der Waals surface area contributed by atoms with Crippen molar-refractivity contribution in [3.8, 4) is 0 Å². The fourth-order valence-corrected chi connectivity index (χ4v) is 5.33. The van der Waals surface area contributed by atoms with Gasteiger partial charge in [-0.05, 0) is 69.1 Å². The van der Waals surface area contributed by atoms with Crippen molar-refractivity contribution >= 4 is 0 Å². The summed E-state index contributed by atoms with van der Waals surface area (Å²) < 4.78 is 11.9. The minimum atomic E-state index is 0.225. The lowest BCUT2D eigenvalue weighted by Gasteiger charge is -2.43. The van der Waals surface area contributed by atoms with Crippen molar-refractivity contribution in [2.75, 3.05) is 32.9 Å². The Morgan fingerprint density at radius 1 is 1.00 bits per heavy atom. The van der Waals surface area contributed by atoms with Gasteiger partial charge in [0.25, 0.3) is 0 Å². The van der Waals surface area contributed by atoms with Gasteiger partial charge in [0.1, 0.15) is 0 Å². The third kappa shape index (κ3) is 4.16. The zero-order valence-corrected chi connectivity index (χ0v) is 16.7. The van der Waals surface area contributed by atoms with Gasteiger partial charge in [0.15, 0.2) is 0 Å². The number of hydrogen-bond acceptors (Lipinski definition) is 3. The third-order valence-electron chi connectivity index (χ3n) is 7.15. The van der Waals surface area contributed by atoms with Gasteiger partial charge < -0.3 is 9.47 Å². The van der Waals surface area contributed by atoms with E-state index < -0.39 is 0 Å². The van der Waals surface area contributed by atoms with Gasteiger partial charge >= 0.3 is 0 Å². The van der Waals surface area contributed by atoms with Crippen molar-refractivity contribution in [3.05, 3.63) is 0 Å². The van der Waals surface area contributed by atoms with Crippen molar-refractivity contribution in [2.45, 2.75) is 84.8 Å². The lowest BCUT2D eigenvalue weighted by Crippen LogP contribution is -2.51. The Bertz CT molecular complexity index is 412. The average Bonchev–Trinajstić information content (AvgIpc) is 2.89. The highest BCUT2D eigenvalue weighted by Gasteiger charge is 2.46. The smallest absolute Gasteiger partial charge is 0.0599 e. The molecule has 0 amide bonds. The maximum Gasteiger partial charge on any atom is 0.0599 e. The number of ether oxygens (including phenoxy) is 2. The second-order valence-corrected chi connectivity index (χ2v) is 10.4. The molecule has 1 spiro atoms. The molecule has 140 valence electrons. The predicted molar refractivity (Wildman–Crippen MR) is 99.3 cm³/mol. The minimum Gasteiger partial charge on any atom is -0.379 e. The summed E-state index contributed by atoms with van der Waals surface area (Å²) in [5.74, 6) is 0.895. The first kappa shape index (κ1) is 18.7. The van der Waals surface area contributed by atoms with Gasteiger partial charge in [0.05, 0.1) is 25.9 Å². The highest BCUT2D eigenvalue weighted by Crippen LogP contribution is 2.51. The Kier molecular flexibility index (Phi) is 5.36. The molecule has 0 radical (unpaired) electrons. The van der Waals surface area contributed by atoms with Crippen LogP contribution in [0.15, 0.2) is 0 Å². The van der Waals surface area contributed by atoms with Crippen molar-refractivity contribution in [3.63, 3.8) is 0 Å². The summed E-state index contributed by atoms with van der Waals surface area (Å²) in [6, 6.07) is 0. The maximum absolute atomic E-state index is 6.34. The van der Waals surface area contributed by atoms with Crippen LogP contribution in [0.5, 0.6) is 0 Å². The molecule has 1 atom stereocenters. The first-order valence-electron chi connectivity index (χ1n) is 10.1. The van der Waals surface area contributed by atoms with E-state index in [1.54, 1.807) is 0 Å². The molecule has 0 N–H and O–H groups in total. The molecule has 0 aromatic rings. The fraction of sp³-hybridized carbons (Fsp3) is 1.00. The fourth-order valence-electron chi connectivity index (χ4n) is 5.33. The van der Waals surface area contributed by atoms with Crippen molar-refractivity contribution < 1.29 is 9.47 Å². The molecular weight excluding hydrogens is 298 g/mol. The molecule has 0 aromatic carbocycles. The normalized spacial score (nSPS) is 36.4. The number of morpholine rings is 1. The third-order valence-corrected chi connectivity index (χ3v) is 7.15. The van der Waals surface area contributed by atoms with E-state index in [0.29, 0.717) is 16.9 Å². The molecule has 3 fully saturated rings. The standard InChI is InChI=1S/C21H39NO2/c1-19(2,3)17-6-8-21(9-7-17)15-18(24-16-21)14-20(4,5)22-10-12-23-13-11-22/h17-18H,6-16H2,1-5H3. The van der Waals surface area contributed by atoms with E-state index in [-0.39, 0.29) is 5.54 Å². The van der Waals surface area contributed by atoms with Crippen LogP contribution >= 0.6 is 0 Å². The monoisotopic (exact) mass is 337 g/mol. The van der Waals surface area contributed by atoms with Gasteiger partial charge in [-0.3, -0.25) is 4.90 Å². The molecule has 1 saturated carbocycles. The molecule has 2 saturated heterocycles. The second-order valence-electron chi connectivity index (χ2n) is 10.4. The molecule has 3 heteroatoms. The van der Waals surface area contributed by atoms with Crippen molar-refractivity contribution in [2.24, 2.45) is 16.7 Å². The summed E-state index contributed by atoms with van der Waals surface area (Å²) in [5.41, 5.74) is 1.19. The van der Waals surface area contributed by atoms with Crippen LogP contribution in [-0.2, 0) is 9.47 Å². The van der Waals surface area contributed by atoms with E-state index >= 15 is 0 Å². The van der Waals surface area contributed by atoms with Crippen molar-refractivity contribution in [1.82, 2.24) is 4.90 Å². The van der Waals surface area contributed by atoms with Crippen LogP contribution in [0.3, 0.4) is 0 Å². The second kappa shape index (κ2) is 6.89. The highest BCUT2D eigenvalue weighted by atomic mass is 16.5. The van der Waals surface area contributed by atoms with Crippen LogP contribution in [0.25, 0.3) is 0 Å². The molecule has 0 aromatic heterocycles. The SMILES string of the molecule is CC(C)(C)C1CCC2(CC1)COC(CC(C)(C)N1CCOCC1)C2. The Morgan fingerprint density at radius 2 is 1.62 bits per heavy atom. The molecule has 3 nitrogen and oxygen atoms in total. The Labute approximate surface area is 149 Å². The average molecular weight is 338 g/mol. The largest absolute Gasteiger partial charge is 0.379 e. The van der Waals surface area contributed by atoms with Crippen LogP contribution in [0.1, 0.15) is 73.1 Å². The van der Waals surface area contributed by atoms with Gasteiger partial charge in [-0.2, -0.15) is 0 Å². The lowest BCUT2D eigenvalue weighted by molar-refractivity contribution is -0.0311. The van der Waals surface area contributed by atoms with Crippen molar-refractivity contribution in [1.29, 1.82) is 0 Å². The quantitative estimate of drug-likeness (QED) is 0.757. The Hall–Kier alpha value is -0.120. The zero-order chi connectivity index (χ0) is 17.4. The molecule has 1 aliphatic carbocycles. The minimum absolute atomic E-state index is 0.225. The summed E-state index contributed by atoms with van der Waals surface area (Å²) in [6.45, 7) is 16.9. The van der Waals surface area contributed by atoms with E-state index in [0.717, 1.165) is 45.2 Å². The molecule has 2 heterocycles. The molecular formula is C21H39NO2. The molecule has 0 bridgehead atoms. The molecule has 24 heavy (non-hydrogen) atoms. The molecule has 2 aliphatic heterocycles. The molecule has 3 aliphatic rings. The van der Waals surface area contributed by atoms with Crippen LogP contribution in [0.4, 0.5) is 0 Å². The van der Waals surface area contributed by atoms with E-state index in [9.17, 15) is 0 Å². The first-order valence-corrected chi connectivity index (χ1v) is 10.1. The van der Waals surface area contributed by atoms with Gasteiger partial charge in [0, 0.05) is 18.6 Å². The zero-order valence-electron chi connectivity index (χ0n) is 16.7. The lowest BCUT2D eigenvalue weighted by atomic mass is 9.63. The van der Waals surface area contributed by atoms with Crippen LogP contribution in [0.2, 0.25) is 0 Å². The van der Waals surface area contributed by atoms with E-state index in [1.807, 2.05) is 0 Å². The molecule has 1 unspecified atom stereocenters. The van der Waals surface area contributed by atoms with E-state index in [4.69, 9.17) is 9.47 Å². The number of rotatable bonds is 3. The van der Waals surface area contributed by atoms with E-state index in [1.165, 1.54) is 32.1 Å². The summed E-state index contributed by atoms with van der Waals surface area (Å²) in [6.07, 6.45) is 8.45. The van der Waals surface area contributed by atoms with Crippen LogP contribution in [-0.4, -0.2) is 49.5 Å². The molecule has 3 rings (SSSR count). The van der Waals surface area contributed by atoms with Crippen LogP contribution in [0, 0.1) is 16.7 Å². The number of hydrogen-bond donors (Lipinski definition) is 0. The maximum atomic E-state index is 6.34. The summed E-state index contributed by atoms with van der Waals surface area (Å²) >= 11 is 0. The Balaban J connectivity index is 1.52. The van der Waals surface area contributed by atoms with E-state index in [2.05, 4.69) is 39.5 Å². The highest BCUT2D eigenvalue weighted by molar-refractivity contribution is 4.96. The van der Waals surface area contributed by atoms with Gasteiger partial charge in [-0.15, -0.1) is 0 Å². The van der Waals surface area contributed by atoms with Gasteiger partial charge in [-0.25, -0.2) is 0 Å². The Morgan fingerprint density at radius 3 is 2.21 bits per heavy atom. The topological polar surface area (TPSA) is 21.7 Å². The summed E-state index contributed by atoms with van der Waals surface area (Å²) in [5, 5.41) is 0. The van der Waals surface area contributed by atoms with Gasteiger partial charge in [0.2, 0.25) is 0 Å². The summed E-state index contributed by atoms with van der Waals surface area (Å²) in [4.78, 5) is 2.60. The van der Waals surface area contributed by atoms with Crippen LogP contribution < -0.4 is 0 Å². The number of nitrogens with zero attached hydrogens (tertiary/aromatic N) is 1. The first-order chi connectivity index (χ1) is 11.2. The predicted octanol–water partition coefficient (Wildman–Crippen LogP) is 4.50. The van der Waals surface area contributed by atoms with Gasteiger partial charge in [-0.1, -0.05) is 20.8 Å². The summed E-state index contributed by atoms with van der Waals surface area (Å²) in [7, 11) is 0.